The summed E-state index contributed by atoms with van der Waals surface area (Å²) >= 11 is 1.72. The van der Waals surface area contributed by atoms with Crippen molar-refractivity contribution >= 4 is 17.5 Å². The molecule has 0 bridgehead atoms. The van der Waals surface area contributed by atoms with Crippen molar-refractivity contribution < 1.29 is 0 Å². The molecule has 4 nitrogen and oxygen atoms in total. The lowest BCUT2D eigenvalue weighted by atomic mass is 10.0. The van der Waals surface area contributed by atoms with E-state index in [4.69, 9.17) is 5.10 Å². The van der Waals surface area contributed by atoms with Gasteiger partial charge in [0, 0.05) is 6.42 Å². The van der Waals surface area contributed by atoms with Crippen LogP contribution in [0.4, 0.5) is 0 Å². The van der Waals surface area contributed by atoms with Gasteiger partial charge in [0.15, 0.2) is 5.82 Å². The van der Waals surface area contributed by atoms with Crippen molar-refractivity contribution in [1.82, 2.24) is 14.9 Å². The van der Waals surface area contributed by atoms with Gasteiger partial charge in [0.2, 0.25) is 5.16 Å². The first-order chi connectivity index (χ1) is 11.9. The monoisotopic (exact) mass is 334 g/mol. The minimum absolute atomic E-state index is 0.125. The summed E-state index contributed by atoms with van der Waals surface area (Å²) in [6.07, 6.45) is 1.91. The largest absolute Gasteiger partial charge is 0.213 e. The molecule has 5 heteroatoms. The standard InChI is InChI=1S/C19H18N4S/c1-2-9-16-20-21-19-23(16)22-17(14-10-5-3-6-11-14)18(24-19)15-12-7-4-8-13-15/h3-8,10-13,18H,2,9H2,1H3. The van der Waals surface area contributed by atoms with Crippen molar-refractivity contribution in [3.8, 4) is 0 Å². The molecule has 1 aromatic heterocycles. The van der Waals surface area contributed by atoms with E-state index in [0.29, 0.717) is 0 Å². The summed E-state index contributed by atoms with van der Waals surface area (Å²) in [6.45, 7) is 2.15. The first-order valence-electron chi connectivity index (χ1n) is 8.17. The molecule has 0 spiro atoms. The van der Waals surface area contributed by atoms with Crippen molar-refractivity contribution in [1.29, 1.82) is 0 Å². The molecule has 3 aromatic rings. The van der Waals surface area contributed by atoms with Crippen LogP contribution in [0.15, 0.2) is 70.9 Å². The van der Waals surface area contributed by atoms with Crippen molar-refractivity contribution in [2.24, 2.45) is 5.10 Å². The Balaban J connectivity index is 1.84. The van der Waals surface area contributed by atoms with Crippen molar-refractivity contribution in [3.05, 3.63) is 77.6 Å². The Hall–Kier alpha value is -2.40. The van der Waals surface area contributed by atoms with E-state index in [2.05, 4.69) is 65.7 Å². The Morgan fingerprint density at radius 2 is 1.67 bits per heavy atom. The summed E-state index contributed by atoms with van der Waals surface area (Å²) < 4.78 is 1.91. The van der Waals surface area contributed by atoms with Crippen LogP contribution >= 0.6 is 11.8 Å². The highest BCUT2D eigenvalue weighted by atomic mass is 32.2. The fourth-order valence-corrected chi connectivity index (χ4v) is 3.98. The van der Waals surface area contributed by atoms with Gasteiger partial charge >= 0.3 is 0 Å². The molecule has 2 heterocycles. The molecule has 1 aliphatic heterocycles. The molecule has 4 rings (SSSR count). The summed E-state index contributed by atoms with van der Waals surface area (Å²) in [5.74, 6) is 0.931. The second-order valence-electron chi connectivity index (χ2n) is 5.72. The molecule has 0 saturated heterocycles. The highest BCUT2D eigenvalue weighted by Crippen LogP contribution is 2.40. The SMILES string of the molecule is CCCc1nnc2n1N=C(c1ccccc1)C(c1ccccc1)S2. The molecule has 24 heavy (non-hydrogen) atoms. The number of aromatic nitrogens is 3. The van der Waals surface area contributed by atoms with E-state index < -0.39 is 0 Å². The molecule has 1 unspecified atom stereocenters. The molecule has 0 radical (unpaired) electrons. The minimum Gasteiger partial charge on any atom is -0.191 e. The number of aryl methyl sites for hydroxylation is 1. The zero-order valence-electron chi connectivity index (χ0n) is 13.5. The molecule has 120 valence electrons. The van der Waals surface area contributed by atoms with Crippen LogP contribution in [0.1, 0.15) is 35.5 Å². The Kier molecular flexibility index (Phi) is 4.17. The van der Waals surface area contributed by atoms with Gasteiger partial charge in [0.25, 0.3) is 0 Å². The number of rotatable bonds is 4. The topological polar surface area (TPSA) is 43.1 Å². The normalized spacial score (nSPS) is 16.5. The lowest BCUT2D eigenvalue weighted by Crippen LogP contribution is -2.19. The third kappa shape index (κ3) is 2.76. The predicted molar refractivity (Wildman–Crippen MR) is 97.4 cm³/mol. The summed E-state index contributed by atoms with van der Waals surface area (Å²) in [7, 11) is 0. The highest BCUT2D eigenvalue weighted by molar-refractivity contribution is 8.00. The molecular weight excluding hydrogens is 316 g/mol. The second kappa shape index (κ2) is 6.61. The summed E-state index contributed by atoms with van der Waals surface area (Å²) in [6, 6.07) is 20.8. The highest BCUT2D eigenvalue weighted by Gasteiger charge is 2.29. The Morgan fingerprint density at radius 3 is 2.38 bits per heavy atom. The molecule has 0 amide bonds. The molecule has 1 atom stereocenters. The second-order valence-corrected chi connectivity index (χ2v) is 6.79. The minimum atomic E-state index is 0.125. The fraction of sp³-hybridized carbons (Fsp3) is 0.211. The number of fused-ring (bicyclic) bond motifs is 1. The van der Waals surface area contributed by atoms with Crippen molar-refractivity contribution in [2.45, 2.75) is 30.2 Å². The molecule has 0 N–H and O–H groups in total. The smallest absolute Gasteiger partial charge is 0.191 e. The Morgan fingerprint density at radius 1 is 0.958 bits per heavy atom. The zero-order valence-corrected chi connectivity index (χ0v) is 14.3. The number of benzene rings is 2. The average Bonchev–Trinajstić information content (AvgIpc) is 3.04. The van der Waals surface area contributed by atoms with Crippen LogP contribution in [-0.2, 0) is 6.42 Å². The first-order valence-corrected chi connectivity index (χ1v) is 9.05. The van der Waals surface area contributed by atoms with E-state index in [1.165, 1.54) is 5.56 Å². The number of nitrogens with zero attached hydrogens (tertiary/aromatic N) is 4. The van der Waals surface area contributed by atoms with Crippen molar-refractivity contribution in [3.63, 3.8) is 0 Å². The van der Waals surface area contributed by atoms with E-state index in [9.17, 15) is 0 Å². The summed E-state index contributed by atoms with van der Waals surface area (Å²) in [5.41, 5.74) is 3.42. The maximum atomic E-state index is 4.94. The number of thioether (sulfide) groups is 1. The van der Waals surface area contributed by atoms with E-state index in [1.54, 1.807) is 11.8 Å². The van der Waals surface area contributed by atoms with E-state index >= 15 is 0 Å². The van der Waals surface area contributed by atoms with Crippen molar-refractivity contribution in [2.75, 3.05) is 0 Å². The molecule has 2 aromatic carbocycles. The average molecular weight is 334 g/mol. The van der Waals surface area contributed by atoms with Crippen LogP contribution in [0.25, 0.3) is 0 Å². The maximum absolute atomic E-state index is 4.94. The first kappa shape index (κ1) is 15.1. The van der Waals surface area contributed by atoms with Crippen LogP contribution in [0.2, 0.25) is 0 Å². The van der Waals surface area contributed by atoms with Crippen LogP contribution in [0, 0.1) is 0 Å². The van der Waals surface area contributed by atoms with Gasteiger partial charge in [-0.3, -0.25) is 0 Å². The van der Waals surface area contributed by atoms with E-state index in [1.807, 2.05) is 16.8 Å². The summed E-state index contributed by atoms with van der Waals surface area (Å²) in [5, 5.41) is 14.6. The van der Waals surface area contributed by atoms with Crippen LogP contribution in [-0.4, -0.2) is 20.6 Å². The molecule has 0 saturated carbocycles. The quantitative estimate of drug-likeness (QED) is 0.713. The van der Waals surface area contributed by atoms with Gasteiger partial charge in [-0.15, -0.1) is 10.2 Å². The van der Waals surface area contributed by atoms with Gasteiger partial charge in [0.1, 0.15) is 0 Å². The van der Waals surface area contributed by atoms with Gasteiger partial charge < -0.3 is 0 Å². The van der Waals surface area contributed by atoms with Gasteiger partial charge in [-0.1, -0.05) is 79.3 Å². The van der Waals surface area contributed by atoms with Gasteiger partial charge in [-0.25, -0.2) is 0 Å². The molecule has 0 aliphatic carbocycles. The number of hydrogen-bond acceptors (Lipinski definition) is 4. The van der Waals surface area contributed by atoms with Crippen LogP contribution in [0.5, 0.6) is 0 Å². The molecule has 0 fully saturated rings. The third-order valence-corrected chi connectivity index (χ3v) is 5.20. The third-order valence-electron chi connectivity index (χ3n) is 4.00. The van der Waals surface area contributed by atoms with E-state index in [0.717, 1.165) is 35.1 Å². The predicted octanol–water partition coefficient (Wildman–Crippen LogP) is 4.33. The maximum Gasteiger partial charge on any atom is 0.213 e. The van der Waals surface area contributed by atoms with E-state index in [-0.39, 0.29) is 5.25 Å². The fourth-order valence-electron chi connectivity index (χ4n) is 2.84. The summed E-state index contributed by atoms with van der Waals surface area (Å²) in [4.78, 5) is 0. The Bertz CT molecular complexity index is 856. The lowest BCUT2D eigenvalue weighted by Gasteiger charge is -2.23. The van der Waals surface area contributed by atoms with Gasteiger partial charge in [0.05, 0.1) is 11.0 Å². The molecule has 1 aliphatic rings. The molecular formula is C19H18N4S. The van der Waals surface area contributed by atoms with Gasteiger partial charge in [-0.2, -0.15) is 9.78 Å². The lowest BCUT2D eigenvalue weighted by molar-refractivity contribution is 0.688. The zero-order chi connectivity index (χ0) is 16.4. The van der Waals surface area contributed by atoms with Crippen LogP contribution < -0.4 is 0 Å². The Labute approximate surface area is 145 Å². The van der Waals surface area contributed by atoms with Crippen LogP contribution in [0.3, 0.4) is 0 Å². The number of hydrogen-bond donors (Lipinski definition) is 0. The van der Waals surface area contributed by atoms with Gasteiger partial charge in [-0.05, 0) is 17.5 Å².